The number of urea groups is 1. The smallest absolute Gasteiger partial charge is 0.340 e. The number of nitrogens with two attached hydrogens (primary N) is 1. The van der Waals surface area contributed by atoms with E-state index in [1.807, 2.05) is 40.7 Å². The number of likely N-dealkylation sites (tertiary alicyclic amines) is 2. The highest BCUT2D eigenvalue weighted by atomic mass is 19.3. The molecule has 6 heterocycles. The minimum absolute atomic E-state index is 0.114. The Morgan fingerprint density at radius 3 is 2.50 bits per heavy atom. The maximum Gasteiger partial charge on any atom is 0.340 e. The summed E-state index contributed by atoms with van der Waals surface area (Å²) in [6.45, 7) is 8.89. The van der Waals surface area contributed by atoms with E-state index < -0.39 is 42.2 Å². The van der Waals surface area contributed by atoms with Gasteiger partial charge in [0.1, 0.15) is 23.3 Å². The van der Waals surface area contributed by atoms with E-state index in [1.54, 1.807) is 24.5 Å². The number of aromatic nitrogens is 3. The zero-order chi connectivity index (χ0) is 30.2. The van der Waals surface area contributed by atoms with Crippen LogP contribution in [0, 0.1) is 0 Å². The molecule has 0 aromatic carbocycles. The Morgan fingerprint density at radius 1 is 1.12 bits per heavy atom. The van der Waals surface area contributed by atoms with Crippen molar-refractivity contribution in [1.82, 2.24) is 24.8 Å². The lowest BCUT2D eigenvalue weighted by atomic mass is 9.84. The number of esters is 1. The number of anilines is 2. The fourth-order valence-electron chi connectivity index (χ4n) is 5.35. The summed E-state index contributed by atoms with van der Waals surface area (Å²) in [6, 6.07) is 4.83. The molecular formula is C29H33F2N7O4. The number of carbonyl (C=O) groups is 2. The number of hydrogen-bond donors (Lipinski definition) is 2. The Morgan fingerprint density at radius 2 is 1.83 bits per heavy atom. The van der Waals surface area contributed by atoms with Crippen molar-refractivity contribution >= 4 is 34.4 Å². The largest absolute Gasteiger partial charge is 0.470 e. The van der Waals surface area contributed by atoms with Gasteiger partial charge in [-0.25, -0.2) is 33.3 Å². The van der Waals surface area contributed by atoms with Gasteiger partial charge in [0.2, 0.25) is 5.88 Å². The van der Waals surface area contributed by atoms with Gasteiger partial charge in [0.15, 0.2) is 0 Å². The highest BCUT2D eigenvalue weighted by Gasteiger charge is 2.49. The van der Waals surface area contributed by atoms with Crippen LogP contribution < -0.4 is 15.8 Å². The van der Waals surface area contributed by atoms with Gasteiger partial charge in [-0.3, -0.25) is 0 Å². The van der Waals surface area contributed by atoms with E-state index in [-0.39, 0.29) is 25.1 Å². The van der Waals surface area contributed by atoms with Crippen LogP contribution in [0.4, 0.5) is 25.2 Å². The number of ether oxygens (including phenoxy) is 2. The summed E-state index contributed by atoms with van der Waals surface area (Å²) in [5.41, 5.74) is 6.94. The van der Waals surface area contributed by atoms with Crippen LogP contribution in [-0.2, 0) is 10.3 Å². The van der Waals surface area contributed by atoms with Gasteiger partial charge in [0, 0.05) is 23.9 Å². The van der Waals surface area contributed by atoms with Gasteiger partial charge >= 0.3 is 12.0 Å². The maximum absolute atomic E-state index is 13.2. The molecule has 1 atom stereocenters. The number of amides is 2. The molecule has 11 nitrogen and oxygen atoms in total. The monoisotopic (exact) mass is 581 g/mol. The second-order valence-corrected chi connectivity index (χ2v) is 12.4. The normalized spacial score (nSPS) is 21.2. The lowest BCUT2D eigenvalue weighted by molar-refractivity contribution is -0.118. The SMILES string of the molecule is C[C@@H]1c2nc(Nc3cc4c(C(C)(C)N)cnc(OC5CN(C(=O)N6CC(F)(F)C6)C5)c4cn3)ccc2C(=O)OC1(C)C. The standard InChI is InChI=1S/C29H33F2N7O4/c1-15-23-17(25(39)42-28(15,4)5)6-7-21(36-23)35-22-8-18-19(9-33-22)24(34-10-20(18)27(2,3)32)41-16-11-37(12-16)26(40)38-13-29(30,31)14-38/h6-10,15-16H,11-14,32H2,1-5H3,(H,33,35,36)/t15-/m1/s1. The second kappa shape index (κ2) is 9.45. The first-order chi connectivity index (χ1) is 19.6. The molecule has 2 saturated heterocycles. The molecule has 3 aliphatic rings. The molecule has 0 radical (unpaired) electrons. The van der Waals surface area contributed by atoms with Crippen molar-refractivity contribution in [3.63, 3.8) is 0 Å². The van der Waals surface area contributed by atoms with E-state index in [9.17, 15) is 18.4 Å². The molecule has 3 aromatic rings. The van der Waals surface area contributed by atoms with Crippen molar-refractivity contribution in [2.24, 2.45) is 5.73 Å². The van der Waals surface area contributed by atoms with Crippen LogP contribution in [0.25, 0.3) is 10.8 Å². The molecule has 3 aromatic heterocycles. The number of halogens is 2. The van der Waals surface area contributed by atoms with E-state index in [0.29, 0.717) is 34.2 Å². The fourth-order valence-corrected chi connectivity index (χ4v) is 5.35. The van der Waals surface area contributed by atoms with E-state index in [2.05, 4.69) is 15.3 Å². The van der Waals surface area contributed by atoms with Gasteiger partial charge in [-0.15, -0.1) is 0 Å². The van der Waals surface area contributed by atoms with Crippen molar-refractivity contribution in [2.45, 2.75) is 63.7 Å². The number of nitrogens with one attached hydrogen (secondary N) is 1. The van der Waals surface area contributed by atoms with Gasteiger partial charge in [-0.05, 0) is 56.8 Å². The second-order valence-electron chi connectivity index (χ2n) is 12.4. The lowest BCUT2D eigenvalue weighted by Crippen LogP contribution is -2.66. The highest BCUT2D eigenvalue weighted by Crippen LogP contribution is 2.39. The minimum Gasteiger partial charge on any atom is -0.470 e. The molecule has 0 bridgehead atoms. The predicted octanol–water partition coefficient (Wildman–Crippen LogP) is 4.15. The molecule has 42 heavy (non-hydrogen) atoms. The predicted molar refractivity (Wildman–Crippen MR) is 150 cm³/mol. The molecule has 0 spiro atoms. The molecule has 2 fully saturated rings. The molecule has 222 valence electrons. The Hall–Kier alpha value is -4.13. The topological polar surface area (TPSA) is 136 Å². The van der Waals surface area contributed by atoms with Crippen LogP contribution in [0.1, 0.15) is 62.2 Å². The number of nitrogens with zero attached hydrogens (tertiary/aromatic N) is 5. The molecule has 0 saturated carbocycles. The first-order valence-electron chi connectivity index (χ1n) is 13.8. The molecular weight excluding hydrogens is 548 g/mol. The first kappa shape index (κ1) is 28.0. The number of rotatable bonds is 5. The summed E-state index contributed by atoms with van der Waals surface area (Å²) in [7, 11) is 0. The summed E-state index contributed by atoms with van der Waals surface area (Å²) in [5, 5.41) is 4.65. The van der Waals surface area contributed by atoms with E-state index >= 15 is 0 Å². The summed E-state index contributed by atoms with van der Waals surface area (Å²) < 4.78 is 38.0. The number of cyclic esters (lactones) is 1. The number of pyridine rings is 3. The molecule has 3 aliphatic heterocycles. The average molecular weight is 582 g/mol. The number of hydrogen-bond acceptors (Lipinski definition) is 9. The molecule has 0 unspecified atom stereocenters. The van der Waals surface area contributed by atoms with Crippen LogP contribution in [-0.4, -0.2) is 80.6 Å². The summed E-state index contributed by atoms with van der Waals surface area (Å²) in [5.74, 6) is -1.95. The summed E-state index contributed by atoms with van der Waals surface area (Å²) in [6.07, 6.45) is 2.97. The third-order valence-electron chi connectivity index (χ3n) is 8.15. The van der Waals surface area contributed by atoms with Crippen LogP contribution in [0.5, 0.6) is 5.88 Å². The Balaban J connectivity index is 1.23. The average Bonchev–Trinajstić information content (AvgIpc) is 2.86. The third kappa shape index (κ3) is 4.95. The van der Waals surface area contributed by atoms with Gasteiger partial charge in [-0.2, -0.15) is 0 Å². The van der Waals surface area contributed by atoms with Gasteiger partial charge in [0.25, 0.3) is 5.92 Å². The van der Waals surface area contributed by atoms with Crippen molar-refractivity contribution in [2.75, 3.05) is 31.5 Å². The molecule has 0 aliphatic carbocycles. The van der Waals surface area contributed by atoms with Crippen LogP contribution in [0.15, 0.2) is 30.6 Å². The maximum atomic E-state index is 13.2. The summed E-state index contributed by atoms with van der Waals surface area (Å²) in [4.78, 5) is 41.3. The Labute approximate surface area is 241 Å². The fraction of sp³-hybridized carbons (Fsp3) is 0.483. The first-order valence-corrected chi connectivity index (χ1v) is 13.8. The quantitative estimate of drug-likeness (QED) is 0.426. The van der Waals surface area contributed by atoms with Crippen LogP contribution >= 0.6 is 0 Å². The number of fused-ring (bicyclic) bond motifs is 2. The van der Waals surface area contributed by atoms with Gasteiger partial charge in [-0.1, -0.05) is 6.92 Å². The van der Waals surface area contributed by atoms with E-state index in [0.717, 1.165) is 15.8 Å². The van der Waals surface area contributed by atoms with Crippen molar-refractivity contribution in [3.05, 3.63) is 47.4 Å². The molecule has 13 heteroatoms. The van der Waals surface area contributed by atoms with E-state index in [4.69, 9.17) is 20.2 Å². The van der Waals surface area contributed by atoms with Crippen LogP contribution in [0.3, 0.4) is 0 Å². The Kier molecular flexibility index (Phi) is 6.30. The van der Waals surface area contributed by atoms with Gasteiger partial charge < -0.3 is 30.3 Å². The van der Waals surface area contributed by atoms with E-state index in [1.165, 1.54) is 4.90 Å². The lowest BCUT2D eigenvalue weighted by Gasteiger charge is -2.46. The number of alkyl halides is 2. The third-order valence-corrected chi connectivity index (χ3v) is 8.15. The summed E-state index contributed by atoms with van der Waals surface area (Å²) >= 11 is 0. The van der Waals surface area contributed by atoms with Gasteiger partial charge in [0.05, 0.1) is 42.8 Å². The van der Waals surface area contributed by atoms with Crippen molar-refractivity contribution in [3.8, 4) is 5.88 Å². The zero-order valence-electron chi connectivity index (χ0n) is 24.1. The van der Waals surface area contributed by atoms with Crippen molar-refractivity contribution < 1.29 is 27.8 Å². The molecule has 2 amide bonds. The molecule has 3 N–H and O–H groups in total. The Bertz CT molecular complexity index is 1590. The minimum atomic E-state index is -2.81. The molecule has 6 rings (SSSR count). The number of carbonyl (C=O) groups excluding carboxylic acids is 2. The van der Waals surface area contributed by atoms with Crippen molar-refractivity contribution in [1.29, 1.82) is 0 Å². The van der Waals surface area contributed by atoms with Crippen LogP contribution in [0.2, 0.25) is 0 Å². The highest BCUT2D eigenvalue weighted by molar-refractivity contribution is 5.93. The zero-order valence-corrected chi connectivity index (χ0v) is 24.1.